The Morgan fingerprint density at radius 2 is 2.36 bits per heavy atom. The topological polar surface area (TPSA) is 68.0 Å². The number of hydrogen-bond acceptors (Lipinski definition) is 5. The van der Waals surface area contributed by atoms with Crippen molar-refractivity contribution in [2.75, 3.05) is 0 Å². The zero-order valence-corrected chi connectivity index (χ0v) is 8.69. The molecule has 2 aromatic heterocycles. The van der Waals surface area contributed by atoms with E-state index in [1.807, 2.05) is 22.3 Å². The lowest BCUT2D eigenvalue weighted by atomic mass is 10.3. The summed E-state index contributed by atoms with van der Waals surface area (Å²) in [6.07, 6.45) is 0. The van der Waals surface area contributed by atoms with E-state index in [1.54, 1.807) is 16.7 Å². The molecule has 0 aliphatic rings. The van der Waals surface area contributed by atoms with Crippen LogP contribution < -0.4 is 11.3 Å². The number of thiazole rings is 1. The Hall–Kier alpha value is -1.24. The van der Waals surface area contributed by atoms with Gasteiger partial charge in [-0.2, -0.15) is 11.3 Å². The predicted octanol–water partition coefficient (Wildman–Crippen LogP) is 1.48. The van der Waals surface area contributed by atoms with Gasteiger partial charge in [0.15, 0.2) is 0 Å². The van der Waals surface area contributed by atoms with Gasteiger partial charge in [-0.3, -0.25) is 10.2 Å². The molecule has 0 fully saturated rings. The van der Waals surface area contributed by atoms with Crippen LogP contribution >= 0.6 is 22.7 Å². The highest BCUT2D eigenvalue weighted by molar-refractivity contribution is 7.14. The molecule has 6 heteroatoms. The highest BCUT2D eigenvalue weighted by Gasteiger charge is 2.10. The second-order valence-electron chi connectivity index (χ2n) is 2.52. The third kappa shape index (κ3) is 1.67. The van der Waals surface area contributed by atoms with Gasteiger partial charge in [0.25, 0.3) is 5.91 Å². The SMILES string of the molecule is NNC(=O)c1csc(-c2ccsc2)n1. The van der Waals surface area contributed by atoms with Gasteiger partial charge in [0, 0.05) is 16.3 Å². The summed E-state index contributed by atoms with van der Waals surface area (Å²) in [4.78, 5) is 15.3. The summed E-state index contributed by atoms with van der Waals surface area (Å²) < 4.78 is 0. The van der Waals surface area contributed by atoms with E-state index in [0.29, 0.717) is 5.69 Å². The number of hydrazine groups is 1. The van der Waals surface area contributed by atoms with E-state index in [9.17, 15) is 4.79 Å². The lowest BCUT2D eigenvalue weighted by molar-refractivity contribution is 0.0949. The summed E-state index contributed by atoms with van der Waals surface area (Å²) in [5, 5.41) is 6.49. The van der Waals surface area contributed by atoms with Crippen LogP contribution in [0.15, 0.2) is 22.2 Å². The van der Waals surface area contributed by atoms with Gasteiger partial charge in [-0.25, -0.2) is 10.8 Å². The fourth-order valence-electron chi connectivity index (χ4n) is 0.971. The predicted molar refractivity (Wildman–Crippen MR) is 57.1 cm³/mol. The number of aromatic nitrogens is 1. The first-order valence-electron chi connectivity index (χ1n) is 3.80. The molecule has 0 aliphatic heterocycles. The smallest absolute Gasteiger partial charge is 0.284 e. The first-order chi connectivity index (χ1) is 6.81. The van der Waals surface area contributed by atoms with Gasteiger partial charge in [-0.1, -0.05) is 0 Å². The molecule has 1 amide bonds. The minimum Gasteiger partial charge on any atom is -0.289 e. The third-order valence-corrected chi connectivity index (χ3v) is 3.21. The van der Waals surface area contributed by atoms with Gasteiger partial charge in [-0.15, -0.1) is 11.3 Å². The Balaban J connectivity index is 2.31. The maximum atomic E-state index is 11.1. The number of rotatable bonds is 2. The number of nitrogen functional groups attached to an aromatic ring is 1. The molecule has 0 bridgehead atoms. The Morgan fingerprint density at radius 3 is 3.00 bits per heavy atom. The van der Waals surface area contributed by atoms with E-state index in [0.717, 1.165) is 10.6 Å². The standard InChI is InChI=1S/C8H7N3OS2/c9-11-7(12)6-4-14-8(10-6)5-1-2-13-3-5/h1-4H,9H2,(H,11,12). The molecule has 0 aromatic carbocycles. The number of carbonyl (C=O) groups excluding carboxylic acids is 1. The molecule has 2 aromatic rings. The van der Waals surface area contributed by atoms with Crippen LogP contribution in [-0.2, 0) is 0 Å². The number of carbonyl (C=O) groups is 1. The Kier molecular flexibility index (Phi) is 2.58. The van der Waals surface area contributed by atoms with Crippen LogP contribution in [0.25, 0.3) is 10.6 Å². The molecule has 0 atom stereocenters. The summed E-state index contributed by atoms with van der Waals surface area (Å²) >= 11 is 3.03. The van der Waals surface area contributed by atoms with E-state index in [1.165, 1.54) is 11.3 Å². The van der Waals surface area contributed by atoms with Crippen molar-refractivity contribution in [2.45, 2.75) is 0 Å². The summed E-state index contributed by atoms with van der Waals surface area (Å²) in [6.45, 7) is 0. The fourth-order valence-corrected chi connectivity index (χ4v) is 2.48. The second kappa shape index (κ2) is 3.87. The van der Waals surface area contributed by atoms with Crippen molar-refractivity contribution in [3.8, 4) is 10.6 Å². The zero-order chi connectivity index (χ0) is 9.97. The van der Waals surface area contributed by atoms with Gasteiger partial charge >= 0.3 is 0 Å². The summed E-state index contributed by atoms with van der Waals surface area (Å²) in [5.41, 5.74) is 3.45. The molecule has 0 radical (unpaired) electrons. The van der Waals surface area contributed by atoms with E-state index in [2.05, 4.69) is 4.98 Å². The van der Waals surface area contributed by atoms with Crippen LogP contribution in [0.3, 0.4) is 0 Å². The van der Waals surface area contributed by atoms with Crippen molar-refractivity contribution in [1.82, 2.24) is 10.4 Å². The molecular weight excluding hydrogens is 218 g/mol. The number of hydrogen-bond donors (Lipinski definition) is 2. The van der Waals surface area contributed by atoms with Crippen molar-refractivity contribution in [2.24, 2.45) is 5.84 Å². The molecule has 0 saturated carbocycles. The monoisotopic (exact) mass is 225 g/mol. The van der Waals surface area contributed by atoms with E-state index in [4.69, 9.17) is 5.84 Å². The van der Waals surface area contributed by atoms with E-state index >= 15 is 0 Å². The van der Waals surface area contributed by atoms with Gasteiger partial charge in [0.1, 0.15) is 10.7 Å². The molecule has 0 saturated heterocycles. The first-order valence-corrected chi connectivity index (χ1v) is 5.62. The molecule has 72 valence electrons. The highest BCUT2D eigenvalue weighted by atomic mass is 32.1. The second-order valence-corrected chi connectivity index (χ2v) is 4.16. The Morgan fingerprint density at radius 1 is 1.50 bits per heavy atom. The number of amides is 1. The van der Waals surface area contributed by atoms with Gasteiger partial charge in [0.05, 0.1) is 0 Å². The third-order valence-electron chi connectivity index (χ3n) is 1.64. The summed E-state index contributed by atoms with van der Waals surface area (Å²) in [6, 6.07) is 1.97. The van der Waals surface area contributed by atoms with E-state index in [-0.39, 0.29) is 5.91 Å². The van der Waals surface area contributed by atoms with Crippen LogP contribution in [0.1, 0.15) is 10.5 Å². The van der Waals surface area contributed by atoms with Crippen LogP contribution in [0, 0.1) is 0 Å². The Labute approximate surface area is 88.4 Å². The molecule has 0 unspecified atom stereocenters. The van der Waals surface area contributed by atoms with Crippen LogP contribution in [0.2, 0.25) is 0 Å². The van der Waals surface area contributed by atoms with Gasteiger partial charge in [-0.05, 0) is 11.4 Å². The van der Waals surface area contributed by atoms with Crippen LogP contribution in [0.5, 0.6) is 0 Å². The average molecular weight is 225 g/mol. The molecule has 14 heavy (non-hydrogen) atoms. The Bertz CT molecular complexity index is 435. The molecule has 0 aliphatic carbocycles. The minimum atomic E-state index is -0.359. The number of thiophene rings is 1. The molecule has 3 N–H and O–H groups in total. The van der Waals surface area contributed by atoms with Crippen molar-refractivity contribution >= 4 is 28.6 Å². The summed E-state index contributed by atoms with van der Waals surface area (Å²) in [5.74, 6) is 4.64. The maximum absolute atomic E-state index is 11.1. The molecule has 0 spiro atoms. The number of nitrogens with two attached hydrogens (primary N) is 1. The molecule has 4 nitrogen and oxygen atoms in total. The fraction of sp³-hybridized carbons (Fsp3) is 0. The highest BCUT2D eigenvalue weighted by Crippen LogP contribution is 2.25. The largest absolute Gasteiger partial charge is 0.289 e. The molecular formula is C8H7N3OS2. The lowest BCUT2D eigenvalue weighted by Crippen LogP contribution is -2.30. The molecule has 2 rings (SSSR count). The van der Waals surface area contributed by atoms with Crippen molar-refractivity contribution in [3.63, 3.8) is 0 Å². The van der Waals surface area contributed by atoms with Crippen LogP contribution in [0.4, 0.5) is 0 Å². The van der Waals surface area contributed by atoms with Crippen molar-refractivity contribution < 1.29 is 4.79 Å². The van der Waals surface area contributed by atoms with Crippen molar-refractivity contribution in [3.05, 3.63) is 27.9 Å². The van der Waals surface area contributed by atoms with Gasteiger partial charge < -0.3 is 0 Å². The zero-order valence-electron chi connectivity index (χ0n) is 7.06. The quantitative estimate of drug-likeness (QED) is 0.462. The minimum absolute atomic E-state index is 0.359. The summed E-state index contributed by atoms with van der Waals surface area (Å²) in [7, 11) is 0. The van der Waals surface area contributed by atoms with Gasteiger partial charge in [0.2, 0.25) is 0 Å². The average Bonchev–Trinajstić information content (AvgIpc) is 2.86. The van der Waals surface area contributed by atoms with E-state index < -0.39 is 0 Å². The van der Waals surface area contributed by atoms with Crippen LogP contribution in [-0.4, -0.2) is 10.9 Å². The maximum Gasteiger partial charge on any atom is 0.284 e. The number of nitrogens with zero attached hydrogens (tertiary/aromatic N) is 1. The lowest BCUT2D eigenvalue weighted by Gasteiger charge is -1.91. The molecule has 2 heterocycles. The normalized spacial score (nSPS) is 10.1. The number of nitrogens with one attached hydrogen (secondary N) is 1. The first kappa shape index (κ1) is 9.32. The van der Waals surface area contributed by atoms with Crippen molar-refractivity contribution in [1.29, 1.82) is 0 Å².